The molecule has 15 heteroatoms. The Morgan fingerprint density at radius 1 is 1.13 bits per heavy atom. The van der Waals surface area contributed by atoms with Crippen LogP contribution in [-0.2, 0) is 31.4 Å². The fourth-order valence-electron chi connectivity index (χ4n) is 8.16. The van der Waals surface area contributed by atoms with Crippen LogP contribution in [0.1, 0.15) is 61.0 Å². The van der Waals surface area contributed by atoms with Crippen LogP contribution >= 0.6 is 11.6 Å². The molecule has 5 atom stereocenters. The number of aryl methyl sites for hydroxylation is 1. The minimum atomic E-state index is -4.15. The van der Waals surface area contributed by atoms with Gasteiger partial charge in [-0.3, -0.25) is 14.5 Å². The highest BCUT2D eigenvalue weighted by Crippen LogP contribution is 2.45. The molecule has 2 fully saturated rings. The molecule has 2 aromatic rings. The van der Waals surface area contributed by atoms with Crippen LogP contribution in [0.4, 0.5) is 18.9 Å². The number of hydrogen-bond donors (Lipinski definition) is 1. The van der Waals surface area contributed by atoms with E-state index in [-0.39, 0.29) is 24.6 Å². The van der Waals surface area contributed by atoms with Gasteiger partial charge in [0.25, 0.3) is 11.8 Å². The van der Waals surface area contributed by atoms with Crippen LogP contribution in [0, 0.1) is 5.92 Å². The summed E-state index contributed by atoms with van der Waals surface area (Å²) in [5, 5.41) is -0.376. The minimum Gasteiger partial charge on any atom is -0.490 e. The monoisotopic (exact) mass is 764 g/mol. The van der Waals surface area contributed by atoms with Gasteiger partial charge in [-0.15, -0.1) is 0 Å². The number of benzene rings is 2. The van der Waals surface area contributed by atoms with Crippen LogP contribution in [-0.4, -0.2) is 106 Å². The molecule has 1 N–H and O–H groups in total. The molecule has 282 valence electrons. The lowest BCUT2D eigenvalue weighted by atomic mass is 9.70. The first-order chi connectivity index (χ1) is 24.6. The Kier molecular flexibility index (Phi) is 10.1. The van der Waals surface area contributed by atoms with E-state index in [0.29, 0.717) is 42.7 Å². The zero-order valence-electron chi connectivity index (χ0n) is 29.3. The third-order valence-corrected chi connectivity index (χ3v) is 13.7. The number of fused-ring (bicyclic) bond motifs is 4. The van der Waals surface area contributed by atoms with E-state index < -0.39 is 75.9 Å². The van der Waals surface area contributed by atoms with Crippen molar-refractivity contribution in [3.63, 3.8) is 0 Å². The van der Waals surface area contributed by atoms with Crippen LogP contribution in [0.3, 0.4) is 0 Å². The molecule has 1 aliphatic carbocycles. The lowest BCUT2D eigenvalue weighted by molar-refractivity contribution is -0.170. The molecular weight excluding hydrogens is 721 g/mol. The van der Waals surface area contributed by atoms with E-state index in [4.69, 9.17) is 21.1 Å². The van der Waals surface area contributed by atoms with Crippen LogP contribution in [0.15, 0.2) is 48.3 Å². The van der Waals surface area contributed by atoms with Gasteiger partial charge in [0.1, 0.15) is 18.2 Å². The number of nitrogens with zero attached hydrogens (tertiary/aromatic N) is 3. The average molecular weight is 765 g/mol. The number of rotatable bonds is 4. The molecule has 52 heavy (non-hydrogen) atoms. The maximum Gasteiger partial charge on any atom is 0.282 e. The molecular formula is C37H44ClF3N4O6S. The third kappa shape index (κ3) is 7.28. The molecule has 0 aromatic heterocycles. The van der Waals surface area contributed by atoms with E-state index in [1.54, 1.807) is 25.1 Å². The number of carbonyl (C=O) groups is 2. The molecule has 2 saturated heterocycles. The summed E-state index contributed by atoms with van der Waals surface area (Å²) in [6.45, 7) is 3.03. The molecule has 0 saturated carbocycles. The summed E-state index contributed by atoms with van der Waals surface area (Å²) in [5.41, 5.74) is 2.67. The van der Waals surface area contributed by atoms with E-state index >= 15 is 4.39 Å². The summed E-state index contributed by atoms with van der Waals surface area (Å²) in [6.07, 6.45) is 4.79. The second-order valence-corrected chi connectivity index (χ2v) is 17.6. The maximum absolute atomic E-state index is 16.3. The van der Waals surface area contributed by atoms with Crippen molar-refractivity contribution in [3.05, 3.63) is 70.0 Å². The number of anilines is 1. The largest absolute Gasteiger partial charge is 0.490 e. The van der Waals surface area contributed by atoms with Crippen molar-refractivity contribution in [3.8, 4) is 5.75 Å². The second kappa shape index (κ2) is 14.1. The molecule has 4 aliphatic heterocycles. The highest BCUT2D eigenvalue weighted by Gasteiger charge is 2.47. The standard InChI is InChI=1S/C37H44ClF3N4O6S/c1-23-5-9-30(39)32(17-50-18-34(46)44-20-37(40,41)21-44)45-13-11-28(45)16-43-19-36(12-3-4-25-14-27(38)7-8-29(25)36)22-51-33-10-6-26(15-31(33)43)35(47)42-52(48,49)24(23)2/h6-10,14-15,23-24,28,32H,3-5,11-13,16-22H2,1-2H3,(H,42,47)/b30-9-/t23-,24+,28-,32-,36-/m0/s1. The van der Waals surface area contributed by atoms with Crippen LogP contribution in [0.5, 0.6) is 5.75 Å². The van der Waals surface area contributed by atoms with Gasteiger partial charge in [0, 0.05) is 41.7 Å². The smallest absolute Gasteiger partial charge is 0.282 e. The zero-order chi connectivity index (χ0) is 37.0. The van der Waals surface area contributed by atoms with Gasteiger partial charge >= 0.3 is 0 Å². The number of halogens is 4. The van der Waals surface area contributed by atoms with Crippen molar-refractivity contribution in [2.24, 2.45) is 5.92 Å². The molecule has 2 amide bonds. The second-order valence-electron chi connectivity index (χ2n) is 15.1. The molecule has 5 aliphatic rings. The van der Waals surface area contributed by atoms with E-state index in [2.05, 4.69) is 15.7 Å². The van der Waals surface area contributed by atoms with Gasteiger partial charge in [-0.05, 0) is 86.4 Å². The highest BCUT2D eigenvalue weighted by atomic mass is 35.5. The first kappa shape index (κ1) is 37.0. The van der Waals surface area contributed by atoms with Gasteiger partial charge in [-0.2, -0.15) is 0 Å². The van der Waals surface area contributed by atoms with Gasteiger partial charge in [0.2, 0.25) is 15.9 Å². The number of likely N-dealkylation sites (tertiary alicyclic amines) is 1. The van der Waals surface area contributed by atoms with Gasteiger partial charge in [0.15, 0.2) is 0 Å². The summed E-state index contributed by atoms with van der Waals surface area (Å²) in [7, 11) is -4.15. The van der Waals surface area contributed by atoms with Gasteiger partial charge in [0.05, 0.1) is 43.3 Å². The minimum absolute atomic E-state index is 0.0627. The predicted octanol–water partition coefficient (Wildman–Crippen LogP) is 5.09. The summed E-state index contributed by atoms with van der Waals surface area (Å²) < 4.78 is 84.3. The summed E-state index contributed by atoms with van der Waals surface area (Å²) in [4.78, 5) is 31.2. The third-order valence-electron chi connectivity index (χ3n) is 11.5. The van der Waals surface area contributed by atoms with Crippen LogP contribution in [0.2, 0.25) is 5.02 Å². The summed E-state index contributed by atoms with van der Waals surface area (Å²) >= 11 is 6.41. The lowest BCUT2D eigenvalue weighted by Crippen LogP contribution is -2.60. The van der Waals surface area contributed by atoms with Crippen LogP contribution < -0.4 is 14.4 Å². The number of amides is 2. The number of sulfonamides is 1. The van der Waals surface area contributed by atoms with Gasteiger partial charge < -0.3 is 19.3 Å². The molecule has 7 rings (SSSR count). The normalized spacial score (nSPS) is 31.0. The first-order valence-electron chi connectivity index (χ1n) is 17.9. The van der Waals surface area contributed by atoms with Crippen molar-refractivity contribution in [1.82, 2.24) is 14.5 Å². The van der Waals surface area contributed by atoms with E-state index in [1.807, 2.05) is 17.0 Å². The van der Waals surface area contributed by atoms with Crippen molar-refractivity contribution in [1.29, 1.82) is 0 Å². The Labute approximate surface area is 307 Å². The highest BCUT2D eigenvalue weighted by molar-refractivity contribution is 7.90. The lowest BCUT2D eigenvalue weighted by Gasteiger charge is -2.49. The van der Waals surface area contributed by atoms with Gasteiger partial charge in [-0.25, -0.2) is 26.3 Å². The molecule has 1 spiro atoms. The number of ether oxygens (including phenoxy) is 2. The SMILES string of the molecule is C[C@@H]1[C@@H](C)C/C=C(\F)[C@H](COCC(=O)N2CC(F)(F)C2)N2CC[C@H]2CN2C[C@@]3(CCCc4cc(Cl)ccc43)COc3ccc(cc32)C(=O)NS1(=O)=O. The Balaban J connectivity index is 1.23. The van der Waals surface area contributed by atoms with Crippen molar-refractivity contribution >= 4 is 39.1 Å². The van der Waals surface area contributed by atoms with E-state index in [9.17, 15) is 26.8 Å². The molecule has 10 nitrogen and oxygen atoms in total. The molecule has 2 aromatic carbocycles. The van der Waals surface area contributed by atoms with Crippen LogP contribution in [0.25, 0.3) is 0 Å². The molecule has 4 heterocycles. The molecule has 0 unspecified atom stereocenters. The zero-order valence-corrected chi connectivity index (χ0v) is 30.8. The maximum atomic E-state index is 16.3. The van der Waals surface area contributed by atoms with E-state index in [1.165, 1.54) is 13.0 Å². The summed E-state index contributed by atoms with van der Waals surface area (Å²) in [5.74, 6) is -4.80. The van der Waals surface area contributed by atoms with Crippen molar-refractivity contribution < 1.29 is 40.7 Å². The Hall–Kier alpha value is -3.33. The Morgan fingerprint density at radius 2 is 1.92 bits per heavy atom. The van der Waals surface area contributed by atoms with Gasteiger partial charge in [-0.1, -0.05) is 30.7 Å². The predicted molar refractivity (Wildman–Crippen MR) is 190 cm³/mol. The first-order valence-corrected chi connectivity index (χ1v) is 19.8. The fraction of sp³-hybridized carbons (Fsp3) is 0.568. The number of allylic oxidation sites excluding steroid dienone is 1. The van der Waals surface area contributed by atoms with E-state index in [0.717, 1.165) is 41.7 Å². The van der Waals surface area contributed by atoms with Crippen molar-refractivity contribution in [2.45, 2.75) is 74.6 Å². The number of hydrogen-bond acceptors (Lipinski definition) is 8. The van der Waals surface area contributed by atoms with Crippen molar-refractivity contribution in [2.75, 3.05) is 57.4 Å². The summed E-state index contributed by atoms with van der Waals surface area (Å²) in [6, 6.07) is 9.83. The Morgan fingerprint density at radius 3 is 2.65 bits per heavy atom. The molecule has 0 radical (unpaired) electrons. The Bertz CT molecular complexity index is 1870. The average Bonchev–Trinajstić information content (AvgIpc) is 3.22. The fourth-order valence-corrected chi connectivity index (χ4v) is 9.64. The topological polar surface area (TPSA) is 108 Å². The number of nitrogens with one attached hydrogen (secondary N) is 1. The molecule has 2 bridgehead atoms. The number of carbonyl (C=O) groups excluding carboxylic acids is 2. The number of alkyl halides is 2. The quantitative estimate of drug-likeness (QED) is 0.459.